The molecule has 0 aromatic heterocycles. The lowest BCUT2D eigenvalue weighted by molar-refractivity contribution is -0.142. The lowest BCUT2D eigenvalue weighted by atomic mass is 9.84. The first-order valence-electron chi connectivity index (χ1n) is 16.2. The van der Waals surface area contributed by atoms with E-state index in [-0.39, 0.29) is 47.7 Å². The summed E-state index contributed by atoms with van der Waals surface area (Å²) in [4.78, 5) is 59.6. The van der Waals surface area contributed by atoms with Crippen LogP contribution in [-0.2, 0) is 19.2 Å². The fourth-order valence-corrected chi connectivity index (χ4v) is 6.19. The van der Waals surface area contributed by atoms with Crippen LogP contribution in [0.5, 0.6) is 0 Å². The molecule has 0 saturated carbocycles. The number of nitrogens with zero attached hydrogens (tertiary/aromatic N) is 3. The van der Waals surface area contributed by atoms with Gasteiger partial charge in [-0.05, 0) is 70.8 Å². The van der Waals surface area contributed by atoms with Crippen molar-refractivity contribution in [1.29, 1.82) is 0 Å². The second-order valence-electron chi connectivity index (χ2n) is 14.0. The van der Waals surface area contributed by atoms with Gasteiger partial charge in [0.05, 0.1) is 12.1 Å². The van der Waals surface area contributed by atoms with E-state index in [1.54, 1.807) is 23.8 Å². The average molecular weight is 590 g/mol. The van der Waals surface area contributed by atoms with Gasteiger partial charge in [-0.25, -0.2) is 0 Å². The molecule has 2 rings (SSSR count). The quantitative estimate of drug-likeness (QED) is 0.264. The summed E-state index contributed by atoms with van der Waals surface area (Å²) in [5, 5.41) is 6.11. The molecule has 4 amide bonds. The minimum atomic E-state index is -0.716. The van der Waals surface area contributed by atoms with Crippen LogP contribution in [0, 0.1) is 11.3 Å². The normalized spacial score (nSPS) is 21.8. The maximum absolute atomic E-state index is 14.1. The van der Waals surface area contributed by atoms with E-state index in [0.717, 1.165) is 45.1 Å². The molecule has 0 aliphatic carbocycles. The van der Waals surface area contributed by atoms with Crippen molar-refractivity contribution in [1.82, 2.24) is 25.3 Å². The Morgan fingerprint density at radius 3 is 2.17 bits per heavy atom. The number of hydrogen-bond acceptors (Lipinski definition) is 5. The Labute approximate surface area is 255 Å². The zero-order valence-electron chi connectivity index (χ0n) is 28.1. The van der Waals surface area contributed by atoms with E-state index in [4.69, 9.17) is 0 Å². The second-order valence-corrected chi connectivity index (χ2v) is 14.0. The molecule has 0 aromatic rings. The molecular formula is C33H59N5O4. The molecule has 4 atom stereocenters. The average Bonchev–Trinajstić information content (AvgIpc) is 3.42. The van der Waals surface area contributed by atoms with Crippen LogP contribution in [0.2, 0.25) is 0 Å². The van der Waals surface area contributed by atoms with Crippen LogP contribution in [0.25, 0.3) is 0 Å². The van der Waals surface area contributed by atoms with Crippen molar-refractivity contribution in [2.45, 2.75) is 137 Å². The summed E-state index contributed by atoms with van der Waals surface area (Å²) in [6.07, 6.45) is 8.08. The number of carbonyl (C=O) groups excluding carboxylic acids is 4. The molecule has 9 nitrogen and oxygen atoms in total. The van der Waals surface area contributed by atoms with Crippen molar-refractivity contribution >= 4 is 23.6 Å². The highest BCUT2D eigenvalue weighted by molar-refractivity contribution is 5.97. The van der Waals surface area contributed by atoms with Gasteiger partial charge in [0, 0.05) is 31.8 Å². The summed E-state index contributed by atoms with van der Waals surface area (Å²) < 4.78 is 0. The SMILES string of the molecule is CCCCNC(=O)C1CCCN1C(=O)/C(C)=C/C(C(C)C)N(C)C(=O)C(NC(=O)C1CCCCN1C(C)C)C(C)(C)C. The zero-order chi connectivity index (χ0) is 31.8. The maximum Gasteiger partial charge on any atom is 0.249 e. The van der Waals surface area contributed by atoms with Gasteiger partial charge in [-0.15, -0.1) is 0 Å². The number of hydrogen-bond donors (Lipinski definition) is 2. The van der Waals surface area contributed by atoms with Crippen molar-refractivity contribution in [2.24, 2.45) is 11.3 Å². The molecule has 0 spiro atoms. The Balaban J connectivity index is 2.23. The van der Waals surface area contributed by atoms with Crippen LogP contribution < -0.4 is 10.6 Å². The number of rotatable bonds is 12. The number of nitrogens with one attached hydrogen (secondary N) is 2. The molecule has 2 fully saturated rings. The standard InChI is InChI=1S/C33H59N5O4/c1-11-12-18-34-29(39)25-17-15-20-38(25)31(41)24(6)21-27(22(2)3)36(10)32(42)28(33(7,8)9)35-30(40)26-16-13-14-19-37(26)23(4)5/h21-23,25-28H,11-20H2,1-10H3,(H,34,39)(H,35,40)/b24-21+. The van der Waals surface area contributed by atoms with Crippen molar-refractivity contribution in [3.05, 3.63) is 11.6 Å². The molecule has 2 saturated heterocycles. The van der Waals surface area contributed by atoms with Crippen LogP contribution in [0.15, 0.2) is 11.6 Å². The summed E-state index contributed by atoms with van der Waals surface area (Å²) in [5.74, 6) is -0.494. The van der Waals surface area contributed by atoms with Crippen molar-refractivity contribution in [3.8, 4) is 0 Å². The zero-order valence-corrected chi connectivity index (χ0v) is 28.1. The number of likely N-dealkylation sites (tertiary alicyclic amines) is 2. The molecule has 42 heavy (non-hydrogen) atoms. The molecule has 0 radical (unpaired) electrons. The van der Waals surface area contributed by atoms with Gasteiger partial charge in [0.1, 0.15) is 12.1 Å². The summed E-state index contributed by atoms with van der Waals surface area (Å²) in [6.45, 7) is 20.1. The molecule has 4 unspecified atom stereocenters. The molecule has 0 bridgehead atoms. The van der Waals surface area contributed by atoms with Crippen LogP contribution in [0.1, 0.15) is 107 Å². The van der Waals surface area contributed by atoms with Gasteiger partial charge in [-0.2, -0.15) is 0 Å². The Kier molecular flexibility index (Phi) is 13.5. The number of unbranched alkanes of at least 4 members (excludes halogenated alkanes) is 1. The van der Waals surface area contributed by atoms with Crippen molar-refractivity contribution in [3.63, 3.8) is 0 Å². The van der Waals surface area contributed by atoms with Gasteiger partial charge in [-0.1, -0.05) is 60.5 Å². The summed E-state index contributed by atoms with van der Waals surface area (Å²) in [5.41, 5.74) is 0.00949. The minimum absolute atomic E-state index is 0.0273. The number of likely N-dealkylation sites (N-methyl/N-ethyl adjacent to an activating group) is 1. The van der Waals surface area contributed by atoms with Gasteiger partial charge in [0.25, 0.3) is 0 Å². The van der Waals surface area contributed by atoms with Gasteiger partial charge in [0.15, 0.2) is 0 Å². The maximum atomic E-state index is 14.1. The van der Waals surface area contributed by atoms with Crippen molar-refractivity contribution < 1.29 is 19.2 Å². The summed E-state index contributed by atoms with van der Waals surface area (Å²) in [6, 6.07) is -1.52. The Morgan fingerprint density at radius 1 is 0.952 bits per heavy atom. The molecule has 2 heterocycles. The van der Waals surface area contributed by atoms with E-state index >= 15 is 0 Å². The van der Waals surface area contributed by atoms with Crippen LogP contribution in [0.4, 0.5) is 0 Å². The lowest BCUT2D eigenvalue weighted by Crippen LogP contribution is -2.60. The van der Waals surface area contributed by atoms with Gasteiger partial charge in [0.2, 0.25) is 23.6 Å². The molecule has 0 aromatic carbocycles. The molecule has 2 aliphatic rings. The summed E-state index contributed by atoms with van der Waals surface area (Å²) in [7, 11) is 1.76. The molecular weight excluding hydrogens is 530 g/mol. The predicted molar refractivity (Wildman–Crippen MR) is 169 cm³/mol. The fraction of sp³-hybridized carbons (Fsp3) is 0.818. The third-order valence-electron chi connectivity index (χ3n) is 8.79. The monoisotopic (exact) mass is 589 g/mol. The lowest BCUT2D eigenvalue weighted by Gasteiger charge is -2.41. The minimum Gasteiger partial charge on any atom is -0.354 e. The van der Waals surface area contributed by atoms with Crippen LogP contribution in [0.3, 0.4) is 0 Å². The number of amides is 4. The predicted octanol–water partition coefficient (Wildman–Crippen LogP) is 4.12. The molecule has 2 N–H and O–H groups in total. The summed E-state index contributed by atoms with van der Waals surface area (Å²) >= 11 is 0. The largest absolute Gasteiger partial charge is 0.354 e. The van der Waals surface area contributed by atoms with Gasteiger partial charge >= 0.3 is 0 Å². The molecule has 2 aliphatic heterocycles. The third-order valence-corrected chi connectivity index (χ3v) is 8.79. The highest BCUT2D eigenvalue weighted by Crippen LogP contribution is 2.26. The first-order valence-corrected chi connectivity index (χ1v) is 16.2. The highest BCUT2D eigenvalue weighted by atomic mass is 16.2. The van der Waals surface area contributed by atoms with E-state index in [1.807, 2.05) is 40.7 Å². The van der Waals surface area contributed by atoms with E-state index < -0.39 is 17.5 Å². The Hall–Kier alpha value is -2.42. The van der Waals surface area contributed by atoms with E-state index in [2.05, 4.69) is 36.3 Å². The van der Waals surface area contributed by atoms with E-state index in [1.165, 1.54) is 0 Å². The molecule has 240 valence electrons. The second kappa shape index (κ2) is 15.9. The molecule has 9 heteroatoms. The highest BCUT2D eigenvalue weighted by Gasteiger charge is 2.40. The van der Waals surface area contributed by atoms with E-state index in [9.17, 15) is 19.2 Å². The first-order chi connectivity index (χ1) is 19.6. The third kappa shape index (κ3) is 9.29. The Bertz CT molecular complexity index is 970. The van der Waals surface area contributed by atoms with E-state index in [0.29, 0.717) is 25.1 Å². The van der Waals surface area contributed by atoms with Crippen molar-refractivity contribution in [2.75, 3.05) is 26.7 Å². The number of piperidine rings is 1. The van der Waals surface area contributed by atoms with Gasteiger partial charge < -0.3 is 20.4 Å². The number of carbonyl (C=O) groups is 4. The van der Waals surface area contributed by atoms with Gasteiger partial charge in [-0.3, -0.25) is 24.1 Å². The van der Waals surface area contributed by atoms with Crippen LogP contribution >= 0.6 is 0 Å². The Morgan fingerprint density at radius 2 is 1.60 bits per heavy atom. The first kappa shape index (κ1) is 35.8. The smallest absolute Gasteiger partial charge is 0.249 e. The fourth-order valence-electron chi connectivity index (χ4n) is 6.19. The van der Waals surface area contributed by atoms with Crippen LogP contribution in [-0.4, -0.2) is 95.2 Å². The topological polar surface area (TPSA) is 102 Å².